The van der Waals surface area contributed by atoms with Gasteiger partial charge in [-0.1, -0.05) is 0 Å². The molecule has 0 aliphatic rings. The number of hydrogen-bond acceptors (Lipinski definition) is 3. The number of likely N-dealkylation sites (N-methyl/N-ethyl adjacent to an activating group) is 2. The van der Waals surface area contributed by atoms with Crippen LogP contribution in [0.5, 0.6) is 0 Å². The third-order valence-electron chi connectivity index (χ3n) is 2.71. The van der Waals surface area contributed by atoms with Crippen LogP contribution in [0.2, 0.25) is 0 Å². The van der Waals surface area contributed by atoms with Crippen LogP contribution in [0.25, 0.3) is 0 Å². The van der Waals surface area contributed by atoms with Gasteiger partial charge in [0.15, 0.2) is 5.92 Å². The predicted octanol–water partition coefficient (Wildman–Crippen LogP) is 1.05. The van der Waals surface area contributed by atoms with Gasteiger partial charge >= 0.3 is 12.1 Å². The van der Waals surface area contributed by atoms with E-state index in [2.05, 4.69) is 0 Å². The monoisotopic (exact) mass is 284 g/mol. The minimum atomic E-state index is -4.82. The first kappa shape index (κ1) is 17.7. The normalized spacial score (nSPS) is 13.4. The Kier molecular flexibility index (Phi) is 6.82. The Morgan fingerprint density at radius 2 is 1.68 bits per heavy atom. The zero-order valence-corrected chi connectivity index (χ0v) is 11.2. The van der Waals surface area contributed by atoms with E-state index in [0.29, 0.717) is 13.1 Å². The summed E-state index contributed by atoms with van der Waals surface area (Å²) in [5, 5.41) is 8.55. The molecule has 19 heavy (non-hydrogen) atoms. The van der Waals surface area contributed by atoms with Crippen molar-refractivity contribution in [1.82, 2.24) is 9.80 Å². The van der Waals surface area contributed by atoms with Crippen LogP contribution >= 0.6 is 0 Å². The van der Waals surface area contributed by atoms with Crippen molar-refractivity contribution < 1.29 is 27.9 Å². The number of nitrogens with zero attached hydrogens (tertiary/aromatic N) is 2. The topological polar surface area (TPSA) is 60.9 Å². The predicted molar refractivity (Wildman–Crippen MR) is 62.6 cm³/mol. The fourth-order valence-electron chi connectivity index (χ4n) is 1.61. The second-order valence-electron chi connectivity index (χ2n) is 4.20. The lowest BCUT2D eigenvalue weighted by Crippen LogP contribution is -2.44. The number of carbonyl (C=O) groups excluding carboxylic acids is 1. The van der Waals surface area contributed by atoms with Gasteiger partial charge in [-0.3, -0.25) is 14.5 Å². The van der Waals surface area contributed by atoms with Crippen LogP contribution in [0.4, 0.5) is 13.2 Å². The number of aliphatic carboxylic acids is 1. The molecule has 5 nitrogen and oxygen atoms in total. The second-order valence-corrected chi connectivity index (χ2v) is 4.20. The van der Waals surface area contributed by atoms with Crippen molar-refractivity contribution >= 4 is 11.9 Å². The van der Waals surface area contributed by atoms with Crippen molar-refractivity contribution in [1.29, 1.82) is 0 Å². The lowest BCUT2D eigenvalue weighted by Gasteiger charge is -2.25. The van der Waals surface area contributed by atoms with Gasteiger partial charge in [-0.15, -0.1) is 0 Å². The van der Waals surface area contributed by atoms with Crippen molar-refractivity contribution in [3.63, 3.8) is 0 Å². The summed E-state index contributed by atoms with van der Waals surface area (Å²) in [6.07, 6.45) is -4.82. The van der Waals surface area contributed by atoms with Crippen LogP contribution in [0.15, 0.2) is 0 Å². The standard InChI is InChI=1S/C11H19F3N2O3/c1-4-16(5-2)9(17)7-15(3)6-8(10(18)19)11(12,13)14/h8H,4-7H2,1-3H3,(H,18,19). The first-order valence-electron chi connectivity index (χ1n) is 5.89. The zero-order chi connectivity index (χ0) is 15.2. The summed E-state index contributed by atoms with van der Waals surface area (Å²) in [4.78, 5) is 24.8. The number of hydrogen-bond donors (Lipinski definition) is 1. The van der Waals surface area contributed by atoms with E-state index in [1.165, 1.54) is 11.9 Å². The molecule has 0 saturated heterocycles. The third-order valence-corrected chi connectivity index (χ3v) is 2.71. The summed E-state index contributed by atoms with van der Waals surface area (Å²) in [6, 6.07) is 0. The quantitative estimate of drug-likeness (QED) is 0.759. The maximum absolute atomic E-state index is 12.5. The fraction of sp³-hybridized carbons (Fsp3) is 0.818. The highest BCUT2D eigenvalue weighted by Crippen LogP contribution is 2.26. The second kappa shape index (κ2) is 7.32. The van der Waals surface area contributed by atoms with Gasteiger partial charge in [0.2, 0.25) is 5.91 Å². The highest BCUT2D eigenvalue weighted by Gasteiger charge is 2.45. The molecule has 0 radical (unpaired) electrons. The lowest BCUT2D eigenvalue weighted by atomic mass is 10.1. The van der Waals surface area contributed by atoms with E-state index in [-0.39, 0.29) is 12.5 Å². The van der Waals surface area contributed by atoms with Gasteiger partial charge in [0.25, 0.3) is 0 Å². The summed E-state index contributed by atoms with van der Waals surface area (Å²) in [5.74, 6) is -4.74. The maximum Gasteiger partial charge on any atom is 0.403 e. The minimum Gasteiger partial charge on any atom is -0.481 e. The molecule has 0 aromatic heterocycles. The molecule has 0 bridgehead atoms. The largest absolute Gasteiger partial charge is 0.481 e. The van der Waals surface area contributed by atoms with Gasteiger partial charge in [-0.05, 0) is 20.9 Å². The molecule has 1 atom stereocenters. The van der Waals surface area contributed by atoms with Crippen molar-refractivity contribution in [2.75, 3.05) is 33.2 Å². The zero-order valence-electron chi connectivity index (χ0n) is 11.2. The van der Waals surface area contributed by atoms with Gasteiger partial charge in [0.05, 0.1) is 6.54 Å². The van der Waals surface area contributed by atoms with Crippen LogP contribution in [0, 0.1) is 5.92 Å². The van der Waals surface area contributed by atoms with Crippen molar-refractivity contribution in [2.24, 2.45) is 5.92 Å². The summed E-state index contributed by atoms with van der Waals surface area (Å²) < 4.78 is 37.4. The molecule has 0 saturated carbocycles. The molecule has 0 fully saturated rings. The number of carboxylic acid groups (broad SMARTS) is 1. The highest BCUT2D eigenvalue weighted by molar-refractivity contribution is 5.78. The summed E-state index contributed by atoms with van der Waals surface area (Å²) >= 11 is 0. The van der Waals surface area contributed by atoms with Crippen molar-refractivity contribution in [2.45, 2.75) is 20.0 Å². The maximum atomic E-state index is 12.5. The van der Waals surface area contributed by atoms with E-state index >= 15 is 0 Å². The van der Waals surface area contributed by atoms with Crippen LogP contribution in [-0.4, -0.2) is 66.2 Å². The van der Waals surface area contributed by atoms with Crippen LogP contribution in [-0.2, 0) is 9.59 Å². The van der Waals surface area contributed by atoms with Gasteiger partial charge in [0, 0.05) is 19.6 Å². The number of carbonyl (C=O) groups is 2. The molecule has 112 valence electrons. The average molecular weight is 284 g/mol. The van der Waals surface area contributed by atoms with Crippen molar-refractivity contribution in [3.8, 4) is 0 Å². The molecule has 0 aromatic rings. The number of halogens is 3. The van der Waals surface area contributed by atoms with E-state index in [9.17, 15) is 22.8 Å². The molecular weight excluding hydrogens is 265 g/mol. The van der Waals surface area contributed by atoms with Crippen LogP contribution in [0.3, 0.4) is 0 Å². The Morgan fingerprint density at radius 1 is 1.21 bits per heavy atom. The average Bonchev–Trinajstić information content (AvgIpc) is 2.25. The number of rotatable bonds is 7. The first-order chi connectivity index (χ1) is 8.63. The molecule has 1 amide bonds. The highest BCUT2D eigenvalue weighted by atomic mass is 19.4. The van der Waals surface area contributed by atoms with Gasteiger partial charge in [-0.2, -0.15) is 13.2 Å². The number of amides is 1. The van der Waals surface area contributed by atoms with E-state index in [0.717, 1.165) is 4.90 Å². The molecule has 0 spiro atoms. The van der Waals surface area contributed by atoms with E-state index in [1.54, 1.807) is 13.8 Å². The summed E-state index contributed by atoms with van der Waals surface area (Å²) in [7, 11) is 1.29. The lowest BCUT2D eigenvalue weighted by molar-refractivity contribution is -0.196. The molecule has 0 heterocycles. The molecule has 0 aliphatic carbocycles. The molecule has 0 aromatic carbocycles. The third kappa shape index (κ3) is 5.91. The molecule has 0 rings (SSSR count). The molecular formula is C11H19F3N2O3. The Balaban J connectivity index is 4.55. The Hall–Kier alpha value is -1.31. The van der Waals surface area contributed by atoms with E-state index < -0.39 is 24.6 Å². The molecule has 1 unspecified atom stereocenters. The summed E-state index contributed by atoms with van der Waals surface area (Å²) in [5.41, 5.74) is 0. The van der Waals surface area contributed by atoms with Crippen LogP contribution < -0.4 is 0 Å². The SMILES string of the molecule is CCN(CC)C(=O)CN(C)CC(C(=O)O)C(F)(F)F. The van der Waals surface area contributed by atoms with E-state index in [4.69, 9.17) is 5.11 Å². The van der Waals surface area contributed by atoms with Gasteiger partial charge < -0.3 is 10.0 Å². The van der Waals surface area contributed by atoms with Crippen LogP contribution in [0.1, 0.15) is 13.8 Å². The smallest absolute Gasteiger partial charge is 0.403 e. The molecule has 1 N–H and O–H groups in total. The Labute approximate surface area is 110 Å². The number of alkyl halides is 3. The Morgan fingerprint density at radius 3 is 2.00 bits per heavy atom. The van der Waals surface area contributed by atoms with E-state index in [1.807, 2.05) is 0 Å². The van der Waals surface area contributed by atoms with Gasteiger partial charge in [0.1, 0.15) is 0 Å². The minimum absolute atomic E-state index is 0.235. The first-order valence-corrected chi connectivity index (χ1v) is 5.89. The van der Waals surface area contributed by atoms with Crippen molar-refractivity contribution in [3.05, 3.63) is 0 Å². The van der Waals surface area contributed by atoms with Gasteiger partial charge in [-0.25, -0.2) is 0 Å². The molecule has 0 aliphatic heterocycles. The Bertz CT molecular complexity index is 317. The summed E-state index contributed by atoms with van der Waals surface area (Å²) in [6.45, 7) is 3.47. The molecule has 8 heteroatoms. The number of carboxylic acids is 1. The fourth-order valence-corrected chi connectivity index (χ4v) is 1.61.